The van der Waals surface area contributed by atoms with E-state index in [9.17, 15) is 0 Å². The normalized spacial score (nSPS) is 11.8. The van der Waals surface area contributed by atoms with Gasteiger partial charge >= 0.3 is 0 Å². The van der Waals surface area contributed by atoms with Gasteiger partial charge in [0, 0.05) is 32.8 Å². The van der Waals surface area contributed by atoms with Crippen molar-refractivity contribution >= 4 is 65.2 Å². The Labute approximate surface area is 301 Å². The molecule has 0 amide bonds. The van der Waals surface area contributed by atoms with Crippen LogP contribution in [0.3, 0.4) is 0 Å². The molecule has 0 N–H and O–H groups in total. The van der Waals surface area contributed by atoms with Gasteiger partial charge in [-0.05, 0) is 92.8 Å². The molecule has 0 saturated heterocycles. The van der Waals surface area contributed by atoms with Crippen molar-refractivity contribution in [3.05, 3.63) is 194 Å². The molecule has 0 bridgehead atoms. The van der Waals surface area contributed by atoms with E-state index in [-0.39, 0.29) is 0 Å². The number of rotatable bonds is 4. The second-order valence-electron chi connectivity index (χ2n) is 13.7. The van der Waals surface area contributed by atoms with Crippen molar-refractivity contribution in [3.8, 4) is 33.6 Å². The van der Waals surface area contributed by atoms with Gasteiger partial charge in [-0.3, -0.25) is 0 Å². The molecule has 9 aromatic carbocycles. The number of hydrogen-bond acceptors (Lipinski definition) is 0. The van der Waals surface area contributed by atoms with Crippen molar-refractivity contribution in [1.82, 2.24) is 9.13 Å². The molecular formula is C50H32N2. The van der Waals surface area contributed by atoms with E-state index in [1.54, 1.807) is 0 Å². The maximum absolute atomic E-state index is 2.44. The molecule has 0 aliphatic carbocycles. The molecule has 2 heterocycles. The van der Waals surface area contributed by atoms with E-state index >= 15 is 0 Å². The lowest BCUT2D eigenvalue weighted by atomic mass is 9.89. The molecule has 2 heteroatoms. The summed E-state index contributed by atoms with van der Waals surface area (Å²) in [4.78, 5) is 0. The number of aromatic nitrogens is 2. The minimum absolute atomic E-state index is 1.17. The molecule has 0 saturated carbocycles. The van der Waals surface area contributed by atoms with Crippen LogP contribution in [0.1, 0.15) is 0 Å². The van der Waals surface area contributed by atoms with Crippen LogP contribution < -0.4 is 0 Å². The van der Waals surface area contributed by atoms with E-state index in [0.717, 1.165) is 0 Å². The zero-order chi connectivity index (χ0) is 34.2. The van der Waals surface area contributed by atoms with Crippen molar-refractivity contribution in [2.75, 3.05) is 0 Å². The number of hydrogen-bond donors (Lipinski definition) is 0. The van der Waals surface area contributed by atoms with E-state index in [4.69, 9.17) is 0 Å². The first-order chi connectivity index (χ1) is 25.8. The van der Waals surface area contributed by atoms with Gasteiger partial charge < -0.3 is 9.13 Å². The van der Waals surface area contributed by atoms with Crippen LogP contribution in [0.15, 0.2) is 194 Å². The molecule has 0 spiro atoms. The minimum atomic E-state index is 1.17. The fraction of sp³-hybridized carbons (Fsp3) is 0. The van der Waals surface area contributed by atoms with Gasteiger partial charge in [0.15, 0.2) is 0 Å². The van der Waals surface area contributed by atoms with E-state index < -0.39 is 0 Å². The average Bonchev–Trinajstić information content (AvgIpc) is 3.73. The average molecular weight is 661 g/mol. The topological polar surface area (TPSA) is 9.86 Å². The Hall–Kier alpha value is -6.90. The number of fused-ring (bicyclic) bond motifs is 9. The van der Waals surface area contributed by atoms with Crippen LogP contribution >= 0.6 is 0 Å². The van der Waals surface area contributed by atoms with Crippen LogP contribution in [0.2, 0.25) is 0 Å². The highest BCUT2D eigenvalue weighted by Crippen LogP contribution is 2.43. The van der Waals surface area contributed by atoms with E-state index in [1.165, 1.54) is 98.8 Å². The zero-order valence-electron chi connectivity index (χ0n) is 28.4. The van der Waals surface area contributed by atoms with Gasteiger partial charge in [0.1, 0.15) is 0 Å². The molecule has 0 unspecified atom stereocenters. The van der Waals surface area contributed by atoms with Gasteiger partial charge in [-0.2, -0.15) is 0 Å². The van der Waals surface area contributed by atoms with Crippen molar-refractivity contribution in [3.63, 3.8) is 0 Å². The number of nitrogens with zero attached hydrogens (tertiary/aromatic N) is 2. The maximum Gasteiger partial charge on any atom is 0.0547 e. The molecule has 0 aliphatic heterocycles. The third-order valence-electron chi connectivity index (χ3n) is 10.9. The van der Waals surface area contributed by atoms with Gasteiger partial charge in [0.05, 0.1) is 27.8 Å². The Morgan fingerprint density at radius 2 is 0.788 bits per heavy atom. The molecule has 242 valence electrons. The van der Waals surface area contributed by atoms with Crippen molar-refractivity contribution in [2.45, 2.75) is 0 Å². The summed E-state index contributed by atoms with van der Waals surface area (Å²) in [6.07, 6.45) is 0. The molecule has 11 rings (SSSR count). The molecule has 52 heavy (non-hydrogen) atoms. The Morgan fingerprint density at radius 3 is 1.52 bits per heavy atom. The second kappa shape index (κ2) is 11.3. The largest absolute Gasteiger partial charge is 0.309 e. The van der Waals surface area contributed by atoms with Crippen molar-refractivity contribution < 1.29 is 0 Å². The maximum atomic E-state index is 2.44. The minimum Gasteiger partial charge on any atom is -0.309 e. The Balaban J connectivity index is 1.15. The molecule has 0 fully saturated rings. The summed E-state index contributed by atoms with van der Waals surface area (Å²) in [7, 11) is 0. The summed E-state index contributed by atoms with van der Waals surface area (Å²) in [5.74, 6) is 0. The molecule has 2 aromatic heterocycles. The first-order valence-corrected chi connectivity index (χ1v) is 17.9. The predicted molar refractivity (Wildman–Crippen MR) is 221 cm³/mol. The summed E-state index contributed by atoms with van der Waals surface area (Å²) in [6, 6.07) is 71.0. The molecular weight excluding hydrogens is 629 g/mol. The van der Waals surface area contributed by atoms with E-state index in [1.807, 2.05) is 0 Å². The van der Waals surface area contributed by atoms with E-state index in [2.05, 4.69) is 203 Å². The summed E-state index contributed by atoms with van der Waals surface area (Å²) in [5.41, 5.74) is 12.1. The van der Waals surface area contributed by atoms with Crippen LogP contribution in [0.5, 0.6) is 0 Å². The lowest BCUT2D eigenvalue weighted by Gasteiger charge is -2.18. The van der Waals surface area contributed by atoms with Crippen molar-refractivity contribution in [2.24, 2.45) is 0 Å². The summed E-state index contributed by atoms with van der Waals surface area (Å²) < 4.78 is 4.83. The van der Waals surface area contributed by atoms with Gasteiger partial charge in [0.25, 0.3) is 0 Å². The Bertz CT molecular complexity index is 3130. The smallest absolute Gasteiger partial charge is 0.0547 e. The Morgan fingerprint density at radius 1 is 0.269 bits per heavy atom. The molecule has 0 aliphatic rings. The first-order valence-electron chi connectivity index (χ1n) is 17.9. The van der Waals surface area contributed by atoms with Gasteiger partial charge in [0.2, 0.25) is 0 Å². The molecule has 2 nitrogen and oxygen atoms in total. The van der Waals surface area contributed by atoms with Gasteiger partial charge in [-0.25, -0.2) is 0 Å². The Kier molecular flexibility index (Phi) is 6.28. The highest BCUT2D eigenvalue weighted by Gasteiger charge is 2.19. The standard InChI is InChI=1S/C50H32N2/c1-2-16-35(17-3-1)51-48-28-13-9-23-42(48)50-44-32-33-15-14-24-38(43(33)31-34(44)29-30-49(50)51)36-18-4-5-19-37(36)39-20-6-10-25-45(39)52-46-26-11-7-21-40(46)41-22-8-12-27-47(41)52/h1-32H. The SMILES string of the molecule is c1ccc(-n2c3ccccc3c3c4cc5cccc(-c6ccccc6-c6ccccc6-n6c7ccccc7c7ccccc76)c5cc4ccc32)cc1. The summed E-state index contributed by atoms with van der Waals surface area (Å²) in [6.45, 7) is 0. The van der Waals surface area contributed by atoms with Crippen molar-refractivity contribution in [1.29, 1.82) is 0 Å². The highest BCUT2D eigenvalue weighted by molar-refractivity contribution is 6.24. The van der Waals surface area contributed by atoms with Crippen LogP contribution in [-0.2, 0) is 0 Å². The van der Waals surface area contributed by atoms with Crippen LogP contribution in [0.25, 0.3) is 98.8 Å². The fourth-order valence-electron chi connectivity index (χ4n) is 8.69. The molecule has 0 atom stereocenters. The zero-order valence-corrected chi connectivity index (χ0v) is 28.4. The lowest BCUT2D eigenvalue weighted by molar-refractivity contribution is 1.18. The van der Waals surface area contributed by atoms with E-state index in [0.29, 0.717) is 0 Å². The predicted octanol–water partition coefficient (Wildman–Crippen LogP) is 13.5. The van der Waals surface area contributed by atoms with Crippen LogP contribution in [0, 0.1) is 0 Å². The van der Waals surface area contributed by atoms with Crippen LogP contribution in [-0.4, -0.2) is 9.13 Å². The monoisotopic (exact) mass is 660 g/mol. The number of benzene rings is 9. The molecule has 0 radical (unpaired) electrons. The fourth-order valence-corrected chi connectivity index (χ4v) is 8.69. The van der Waals surface area contributed by atoms with Gasteiger partial charge in [-0.1, -0.05) is 140 Å². The molecule has 11 aromatic rings. The summed E-state index contributed by atoms with van der Waals surface area (Å²) in [5, 5.41) is 10.1. The quantitative estimate of drug-likeness (QED) is 0.166. The van der Waals surface area contributed by atoms with Crippen LogP contribution in [0.4, 0.5) is 0 Å². The first kappa shape index (κ1) is 28.9. The lowest BCUT2D eigenvalue weighted by Crippen LogP contribution is -1.98. The summed E-state index contributed by atoms with van der Waals surface area (Å²) >= 11 is 0. The second-order valence-corrected chi connectivity index (χ2v) is 13.7. The third kappa shape index (κ3) is 4.19. The third-order valence-corrected chi connectivity index (χ3v) is 10.9. The van der Waals surface area contributed by atoms with Gasteiger partial charge in [-0.15, -0.1) is 0 Å². The highest BCUT2D eigenvalue weighted by atomic mass is 15.0. The number of para-hydroxylation sites is 5.